The average molecular weight is 382 g/mol. The van der Waals surface area contributed by atoms with E-state index in [1.165, 1.54) is 12.1 Å². The van der Waals surface area contributed by atoms with Gasteiger partial charge in [0.15, 0.2) is 0 Å². The Labute approximate surface area is 157 Å². The Morgan fingerprint density at radius 2 is 1.88 bits per heavy atom. The minimum atomic E-state index is -0.254. The molecule has 0 radical (unpaired) electrons. The monoisotopic (exact) mass is 381 g/mol. The van der Waals surface area contributed by atoms with Gasteiger partial charge in [-0.05, 0) is 51.2 Å². The summed E-state index contributed by atoms with van der Waals surface area (Å²) in [5, 5.41) is 2.95. The molecule has 1 amide bonds. The molecule has 0 aromatic heterocycles. The summed E-state index contributed by atoms with van der Waals surface area (Å²) in [5.74, 6) is -0.202. The Hall–Kier alpha value is -0.880. The molecule has 0 aliphatic carbocycles. The Morgan fingerprint density at radius 1 is 1.21 bits per heavy atom. The molecule has 0 saturated carbocycles. The molecule has 0 heterocycles. The standard InChI is InChI=1S/C17H28FN3O.2ClH/c1-21(2)16(14-8-7-9-15(18)12-14)13-20-17(22)10-5-3-4-6-11-19;;/h7-9,12,16H,3-6,10-11,13,19H2,1-2H3,(H,20,22);2*1H. The lowest BCUT2D eigenvalue weighted by molar-refractivity contribution is -0.121. The number of nitrogens with zero attached hydrogens (tertiary/aromatic N) is 1. The maximum Gasteiger partial charge on any atom is 0.220 e. The van der Waals surface area contributed by atoms with Crippen molar-refractivity contribution in [1.29, 1.82) is 0 Å². The Bertz CT molecular complexity index is 461. The van der Waals surface area contributed by atoms with E-state index >= 15 is 0 Å². The van der Waals surface area contributed by atoms with Crippen molar-refractivity contribution in [3.8, 4) is 0 Å². The lowest BCUT2D eigenvalue weighted by Crippen LogP contribution is -2.34. The molecule has 1 aromatic rings. The van der Waals surface area contributed by atoms with Gasteiger partial charge < -0.3 is 16.0 Å². The van der Waals surface area contributed by atoms with Gasteiger partial charge in [0.1, 0.15) is 5.82 Å². The van der Waals surface area contributed by atoms with Crippen LogP contribution in [0, 0.1) is 5.82 Å². The maximum absolute atomic E-state index is 13.3. The van der Waals surface area contributed by atoms with Crippen LogP contribution in [-0.2, 0) is 4.79 Å². The van der Waals surface area contributed by atoms with Gasteiger partial charge >= 0.3 is 0 Å². The molecule has 24 heavy (non-hydrogen) atoms. The van der Waals surface area contributed by atoms with Crippen LogP contribution in [0.1, 0.15) is 43.7 Å². The number of amides is 1. The van der Waals surface area contributed by atoms with Gasteiger partial charge in [-0.15, -0.1) is 24.8 Å². The SMILES string of the molecule is CN(C)C(CNC(=O)CCCCCCN)c1cccc(F)c1.Cl.Cl. The predicted molar refractivity (Wildman–Crippen MR) is 102 cm³/mol. The zero-order valence-electron chi connectivity index (χ0n) is 14.5. The fourth-order valence-electron chi connectivity index (χ4n) is 2.39. The number of benzene rings is 1. The van der Waals surface area contributed by atoms with Crippen molar-refractivity contribution >= 4 is 30.7 Å². The molecule has 0 saturated heterocycles. The van der Waals surface area contributed by atoms with Crippen LogP contribution in [0.3, 0.4) is 0 Å². The Balaban J connectivity index is 0. The summed E-state index contributed by atoms with van der Waals surface area (Å²) in [4.78, 5) is 13.9. The first-order chi connectivity index (χ1) is 10.5. The number of rotatable bonds is 10. The third-order valence-corrected chi connectivity index (χ3v) is 3.71. The van der Waals surface area contributed by atoms with Gasteiger partial charge in [0.2, 0.25) is 5.91 Å². The van der Waals surface area contributed by atoms with Crippen molar-refractivity contribution in [3.05, 3.63) is 35.6 Å². The summed E-state index contributed by atoms with van der Waals surface area (Å²) in [7, 11) is 3.85. The maximum atomic E-state index is 13.3. The third-order valence-electron chi connectivity index (χ3n) is 3.71. The van der Waals surface area contributed by atoms with E-state index < -0.39 is 0 Å². The van der Waals surface area contributed by atoms with Crippen molar-refractivity contribution in [2.45, 2.75) is 38.1 Å². The molecule has 1 rings (SSSR count). The van der Waals surface area contributed by atoms with E-state index in [-0.39, 0.29) is 42.6 Å². The number of halogens is 3. The van der Waals surface area contributed by atoms with Gasteiger partial charge in [0, 0.05) is 13.0 Å². The number of unbranched alkanes of at least 4 members (excludes halogenated alkanes) is 3. The quantitative estimate of drug-likeness (QED) is 0.611. The molecule has 1 unspecified atom stereocenters. The average Bonchev–Trinajstić information content (AvgIpc) is 2.47. The number of carbonyl (C=O) groups is 1. The lowest BCUT2D eigenvalue weighted by atomic mass is 10.1. The number of likely N-dealkylation sites (N-methyl/N-ethyl adjacent to an activating group) is 1. The zero-order chi connectivity index (χ0) is 16.4. The van der Waals surface area contributed by atoms with Gasteiger partial charge in [0.25, 0.3) is 0 Å². The fraction of sp³-hybridized carbons (Fsp3) is 0.588. The third kappa shape index (κ3) is 10.1. The molecular formula is C17H30Cl2FN3O. The molecule has 0 aliphatic heterocycles. The first-order valence-corrected chi connectivity index (χ1v) is 7.93. The fourth-order valence-corrected chi connectivity index (χ4v) is 2.39. The molecule has 3 N–H and O–H groups in total. The second kappa shape index (κ2) is 14.5. The number of hydrogen-bond donors (Lipinski definition) is 2. The second-order valence-corrected chi connectivity index (χ2v) is 5.79. The molecule has 0 spiro atoms. The largest absolute Gasteiger partial charge is 0.354 e. The van der Waals surface area contributed by atoms with Crippen molar-refractivity contribution in [2.24, 2.45) is 5.73 Å². The molecule has 1 aromatic carbocycles. The highest BCUT2D eigenvalue weighted by Crippen LogP contribution is 2.18. The lowest BCUT2D eigenvalue weighted by Gasteiger charge is -2.25. The van der Waals surface area contributed by atoms with E-state index in [2.05, 4.69) is 5.32 Å². The van der Waals surface area contributed by atoms with Crippen LogP contribution in [0.5, 0.6) is 0 Å². The highest BCUT2D eigenvalue weighted by atomic mass is 35.5. The minimum absolute atomic E-state index is 0. The summed E-state index contributed by atoms with van der Waals surface area (Å²) in [6.45, 7) is 1.20. The van der Waals surface area contributed by atoms with Crippen LogP contribution in [0.4, 0.5) is 4.39 Å². The van der Waals surface area contributed by atoms with Crippen LogP contribution < -0.4 is 11.1 Å². The first-order valence-electron chi connectivity index (χ1n) is 7.93. The van der Waals surface area contributed by atoms with Crippen LogP contribution in [0.25, 0.3) is 0 Å². The number of hydrogen-bond acceptors (Lipinski definition) is 3. The molecule has 140 valence electrons. The molecule has 0 aliphatic rings. The topological polar surface area (TPSA) is 58.4 Å². The summed E-state index contributed by atoms with van der Waals surface area (Å²) in [6.07, 6.45) is 4.55. The van der Waals surface area contributed by atoms with Gasteiger partial charge in [-0.25, -0.2) is 4.39 Å². The van der Waals surface area contributed by atoms with E-state index in [1.807, 2.05) is 25.1 Å². The van der Waals surface area contributed by atoms with E-state index in [1.54, 1.807) is 6.07 Å². The van der Waals surface area contributed by atoms with Crippen molar-refractivity contribution in [2.75, 3.05) is 27.2 Å². The normalized spacial score (nSPS) is 11.4. The van der Waals surface area contributed by atoms with Gasteiger partial charge in [-0.3, -0.25) is 4.79 Å². The molecule has 4 nitrogen and oxygen atoms in total. The summed E-state index contributed by atoms with van der Waals surface area (Å²) >= 11 is 0. The van der Waals surface area contributed by atoms with Crippen LogP contribution >= 0.6 is 24.8 Å². The van der Waals surface area contributed by atoms with Crippen molar-refractivity contribution < 1.29 is 9.18 Å². The molecule has 1 atom stereocenters. The van der Waals surface area contributed by atoms with E-state index in [9.17, 15) is 9.18 Å². The predicted octanol–water partition coefficient (Wildman–Crippen LogP) is 3.30. The minimum Gasteiger partial charge on any atom is -0.354 e. The van der Waals surface area contributed by atoms with Crippen molar-refractivity contribution in [3.63, 3.8) is 0 Å². The van der Waals surface area contributed by atoms with Crippen molar-refractivity contribution in [1.82, 2.24) is 10.2 Å². The summed E-state index contributed by atoms with van der Waals surface area (Å²) in [6, 6.07) is 6.49. The Kier molecular flexibility index (Phi) is 15.3. The highest BCUT2D eigenvalue weighted by Gasteiger charge is 2.15. The Morgan fingerprint density at radius 3 is 2.46 bits per heavy atom. The van der Waals surface area contributed by atoms with E-state index in [4.69, 9.17) is 5.73 Å². The molecule has 0 bridgehead atoms. The van der Waals surface area contributed by atoms with Crippen LogP contribution in [0.2, 0.25) is 0 Å². The van der Waals surface area contributed by atoms with E-state index in [0.717, 1.165) is 31.2 Å². The molecule has 7 heteroatoms. The van der Waals surface area contributed by atoms with Gasteiger partial charge in [0.05, 0.1) is 6.04 Å². The zero-order valence-corrected chi connectivity index (χ0v) is 16.1. The van der Waals surface area contributed by atoms with Gasteiger partial charge in [-0.1, -0.05) is 25.0 Å². The number of nitrogens with one attached hydrogen (secondary N) is 1. The van der Waals surface area contributed by atoms with Crippen LogP contribution in [-0.4, -0.2) is 38.0 Å². The highest BCUT2D eigenvalue weighted by molar-refractivity contribution is 5.85. The molecular weight excluding hydrogens is 352 g/mol. The number of carbonyl (C=O) groups excluding carboxylic acids is 1. The summed E-state index contributed by atoms with van der Waals surface area (Å²) < 4.78 is 13.3. The summed E-state index contributed by atoms with van der Waals surface area (Å²) in [5.41, 5.74) is 6.30. The smallest absolute Gasteiger partial charge is 0.220 e. The van der Waals surface area contributed by atoms with Gasteiger partial charge in [-0.2, -0.15) is 0 Å². The molecule has 0 fully saturated rings. The van der Waals surface area contributed by atoms with Crippen LogP contribution in [0.15, 0.2) is 24.3 Å². The second-order valence-electron chi connectivity index (χ2n) is 5.79. The van der Waals surface area contributed by atoms with E-state index in [0.29, 0.717) is 19.5 Å². The first kappa shape index (κ1) is 25.4. The number of nitrogens with two attached hydrogens (primary N) is 1.